The predicted molar refractivity (Wildman–Crippen MR) is 325 cm³/mol. The number of ether oxygens (including phenoxy) is 1. The molecular formula is C65H70F9N9O12. The molecule has 21 nitrogen and oxygen atoms in total. The number of carboxylic acids is 1. The van der Waals surface area contributed by atoms with Crippen LogP contribution in [0, 0.1) is 5.92 Å². The van der Waals surface area contributed by atoms with E-state index in [4.69, 9.17) is 20.4 Å². The number of esters is 1. The normalized spacial score (nSPS) is 15.1. The topological polar surface area (TPSA) is 321 Å². The van der Waals surface area contributed by atoms with Crippen LogP contribution in [0.4, 0.5) is 39.5 Å². The van der Waals surface area contributed by atoms with E-state index in [-0.39, 0.29) is 62.8 Å². The van der Waals surface area contributed by atoms with E-state index in [1.807, 2.05) is 0 Å². The fourth-order valence-electron chi connectivity index (χ4n) is 10.1. The van der Waals surface area contributed by atoms with Crippen molar-refractivity contribution in [3.63, 3.8) is 0 Å². The van der Waals surface area contributed by atoms with Crippen LogP contribution in [0.5, 0.6) is 5.75 Å². The molecule has 1 fully saturated rings. The number of alkyl halides is 9. The highest BCUT2D eigenvalue weighted by Gasteiger charge is 2.42. The largest absolute Gasteiger partial charge is 0.508 e. The first-order valence-corrected chi connectivity index (χ1v) is 29.7. The van der Waals surface area contributed by atoms with Crippen molar-refractivity contribution in [3.8, 4) is 5.75 Å². The maximum atomic E-state index is 14.9. The summed E-state index contributed by atoms with van der Waals surface area (Å²) in [7, 11) is 0. The van der Waals surface area contributed by atoms with Gasteiger partial charge in [0.2, 0.25) is 41.4 Å². The Morgan fingerprint density at radius 3 is 1.72 bits per heavy atom. The van der Waals surface area contributed by atoms with E-state index in [9.17, 15) is 83.0 Å². The van der Waals surface area contributed by atoms with Gasteiger partial charge in [0.25, 0.3) is 0 Å². The number of benzene rings is 5. The number of likely N-dealkylation sites (tertiary alicyclic amines) is 1. The third-order valence-corrected chi connectivity index (χ3v) is 14.9. The van der Waals surface area contributed by atoms with Gasteiger partial charge in [-0.15, -0.1) is 0 Å². The number of aromatic hydroxyl groups is 1. The average Bonchev–Trinajstić information content (AvgIpc) is 1.60. The van der Waals surface area contributed by atoms with Gasteiger partial charge >= 0.3 is 30.5 Å². The Hall–Kier alpha value is -10.0. The van der Waals surface area contributed by atoms with Crippen molar-refractivity contribution < 1.29 is 97.6 Å². The maximum absolute atomic E-state index is 14.9. The van der Waals surface area contributed by atoms with E-state index < -0.39 is 144 Å². The molecule has 0 unspecified atom stereocenters. The molecule has 0 aliphatic carbocycles. The van der Waals surface area contributed by atoms with E-state index in [2.05, 4.69) is 36.9 Å². The second-order valence-corrected chi connectivity index (χ2v) is 22.8. The Kier molecular flexibility index (Phi) is 25.9. The predicted octanol–water partition coefficient (Wildman–Crippen LogP) is 6.48. The van der Waals surface area contributed by atoms with Crippen molar-refractivity contribution in [2.75, 3.05) is 13.1 Å². The van der Waals surface area contributed by atoms with Gasteiger partial charge in [-0.1, -0.05) is 105 Å². The van der Waals surface area contributed by atoms with Crippen molar-refractivity contribution in [2.45, 2.75) is 133 Å². The number of fused-ring (bicyclic) bond motifs is 1. The average molecular weight is 1340 g/mol. The van der Waals surface area contributed by atoms with Gasteiger partial charge in [0.05, 0.1) is 23.7 Å². The number of H-pyrrole nitrogens is 1. The van der Waals surface area contributed by atoms with E-state index in [1.54, 1.807) is 117 Å². The third-order valence-electron chi connectivity index (χ3n) is 14.9. The molecule has 7 rings (SSSR count). The zero-order valence-corrected chi connectivity index (χ0v) is 51.3. The molecule has 95 heavy (non-hydrogen) atoms. The fraction of sp³-hybridized carbons (Fsp3) is 0.369. The number of halogens is 9. The Balaban J connectivity index is 0.00000193. The van der Waals surface area contributed by atoms with Crippen molar-refractivity contribution in [1.29, 1.82) is 0 Å². The van der Waals surface area contributed by atoms with Crippen molar-refractivity contribution in [3.05, 3.63) is 173 Å². The maximum Gasteiger partial charge on any atom is 0.490 e. The molecular weight excluding hydrogens is 1270 g/mol. The van der Waals surface area contributed by atoms with Crippen LogP contribution in [-0.4, -0.2) is 135 Å². The number of phenols is 1. The number of aromatic amines is 1. The minimum absolute atomic E-state index is 0.0181. The van der Waals surface area contributed by atoms with E-state index in [0.717, 1.165) is 0 Å². The lowest BCUT2D eigenvalue weighted by molar-refractivity contribution is -0.192. The molecule has 510 valence electrons. The summed E-state index contributed by atoms with van der Waals surface area (Å²) >= 11 is 0. The molecule has 1 saturated heterocycles. The van der Waals surface area contributed by atoms with Crippen LogP contribution in [0.25, 0.3) is 10.9 Å². The number of hydrogen-bond acceptors (Lipinski definition) is 12. The number of phenolic OH excluding ortho intramolecular Hbond substituents is 1. The molecule has 1 aliphatic heterocycles. The number of aromatic nitrogens is 1. The van der Waals surface area contributed by atoms with Crippen LogP contribution in [0.3, 0.4) is 0 Å². The van der Waals surface area contributed by atoms with Crippen LogP contribution in [0.2, 0.25) is 0 Å². The van der Waals surface area contributed by atoms with Crippen LogP contribution < -0.4 is 37.6 Å². The van der Waals surface area contributed by atoms with Crippen LogP contribution >= 0.6 is 0 Å². The van der Waals surface area contributed by atoms with Crippen molar-refractivity contribution in [2.24, 2.45) is 11.7 Å². The van der Waals surface area contributed by atoms with Crippen molar-refractivity contribution >= 4 is 64.2 Å². The van der Waals surface area contributed by atoms with Gasteiger partial charge in [-0.3, -0.25) is 33.6 Å². The van der Waals surface area contributed by atoms with Gasteiger partial charge in [-0.25, -0.2) is 9.59 Å². The van der Waals surface area contributed by atoms with Gasteiger partial charge < -0.3 is 62.5 Å². The van der Waals surface area contributed by atoms with E-state index in [0.29, 0.717) is 51.7 Å². The highest BCUT2D eigenvalue weighted by Crippen LogP contribution is 2.37. The molecule has 0 radical (unpaired) electrons. The first kappa shape index (κ1) is 74.0. The highest BCUT2D eigenvalue weighted by atomic mass is 19.4. The molecule has 30 heteroatoms. The van der Waals surface area contributed by atoms with Crippen LogP contribution in [0.15, 0.2) is 134 Å². The third kappa shape index (κ3) is 22.6. The number of amides is 7. The minimum Gasteiger partial charge on any atom is -0.508 e. The second-order valence-electron chi connectivity index (χ2n) is 22.8. The van der Waals surface area contributed by atoms with Gasteiger partial charge in [-0.2, -0.15) is 39.5 Å². The quantitative estimate of drug-likeness (QED) is 0.0206. The zero-order valence-electron chi connectivity index (χ0n) is 51.3. The van der Waals surface area contributed by atoms with Gasteiger partial charge in [0.1, 0.15) is 48.6 Å². The first-order chi connectivity index (χ1) is 44.7. The number of nitrogens with two attached hydrogens (primary N) is 1. The number of carbonyl (C=O) groups excluding carboxylic acids is 8. The summed E-state index contributed by atoms with van der Waals surface area (Å²) in [5.74, 6) is -9.55. The Labute approximate surface area is 538 Å². The number of nitrogens with one attached hydrogen (secondary N) is 7. The number of carbonyl (C=O) groups is 9. The summed E-state index contributed by atoms with van der Waals surface area (Å²) in [6.07, 6.45) is -13.8. The van der Waals surface area contributed by atoms with Gasteiger partial charge in [0.15, 0.2) is 0 Å². The van der Waals surface area contributed by atoms with E-state index >= 15 is 0 Å². The molecule has 2 heterocycles. The first-order valence-electron chi connectivity index (χ1n) is 29.7. The smallest absolute Gasteiger partial charge is 0.490 e. The summed E-state index contributed by atoms with van der Waals surface area (Å²) in [6, 6.07) is 22.0. The summed E-state index contributed by atoms with van der Waals surface area (Å²) in [5, 5.41) is 33.1. The summed E-state index contributed by atoms with van der Waals surface area (Å²) in [5.41, 5.74) is 5.22. The molecule has 7 amide bonds. The fourth-order valence-corrected chi connectivity index (χ4v) is 10.1. The summed E-state index contributed by atoms with van der Waals surface area (Å²) in [4.78, 5) is 125. The number of hydrogen-bond donors (Lipinski definition) is 10. The molecule has 6 aromatic rings. The molecule has 5 aromatic carbocycles. The molecule has 11 N–H and O–H groups in total. The lowest BCUT2D eigenvalue weighted by atomic mass is 10.00. The van der Waals surface area contributed by atoms with Gasteiger partial charge in [0, 0.05) is 42.9 Å². The second kappa shape index (κ2) is 33.2. The number of rotatable bonds is 26. The Morgan fingerprint density at radius 2 is 1.15 bits per heavy atom. The molecule has 7 atom stereocenters. The standard InChI is InChI=1S/C63H69F6N9O10.C2HF3O2/c1-36(2)25-49(57(83)77-52(31-42-33-71-48-18-11-10-17-46(42)48)61(87)88-35-41-26-43(62(64,65)66)32-44(27-41)63(67,68)69)75-59(85)53-19-12-24-78(53)60(86)51(30-39-15-8-5-9-16-39)76-58(84)50(29-38-13-6-4-7-14-38)74-54(80)34-72-55(81)37(3)73-56(82)47(70)28-40-20-22-45(79)23-21-40;3-2(4,5)1(6)7/h4-11,13-18,20-23,26-27,32-33,36-37,47,49-53,71,79H,12,19,24-25,28-31,34-35,70H2,1-3H3,(H,72,81)(H,73,82)(H,74,80)(H,75,85)(H,76,84)(H,77,83);(H,6,7)/t37-,47+,49+,50+,51+,52+,53+;/m1./s1. The summed E-state index contributed by atoms with van der Waals surface area (Å²) in [6.45, 7) is 3.27. The lowest BCUT2D eigenvalue weighted by Gasteiger charge is -2.31. The van der Waals surface area contributed by atoms with Crippen LogP contribution in [-0.2, 0) is 92.5 Å². The molecule has 1 aliphatic rings. The molecule has 0 bridgehead atoms. The van der Waals surface area contributed by atoms with E-state index in [1.165, 1.54) is 24.0 Å². The number of carboxylic acid groups (broad SMARTS) is 1. The number of nitrogens with zero attached hydrogens (tertiary/aromatic N) is 1. The zero-order chi connectivity index (χ0) is 70.0. The molecule has 0 spiro atoms. The molecule has 0 saturated carbocycles. The monoisotopic (exact) mass is 1340 g/mol. The Bertz CT molecular complexity index is 3620. The van der Waals surface area contributed by atoms with Crippen LogP contribution in [0.1, 0.15) is 79.0 Å². The summed E-state index contributed by atoms with van der Waals surface area (Å²) < 4.78 is 120. The number of para-hydroxylation sites is 1. The lowest BCUT2D eigenvalue weighted by Crippen LogP contribution is -2.59. The van der Waals surface area contributed by atoms with Gasteiger partial charge in [-0.05, 0) is 103 Å². The molecule has 1 aromatic heterocycles. The SMILES string of the molecule is CC(C)C[C@H](NC(=O)[C@@H]1CCCN1C(=O)[C@H](Cc1ccccc1)NC(=O)[C@H](Cc1ccccc1)NC(=O)CNC(=O)[C@@H](C)NC(=O)[C@@H](N)Cc1ccc(O)cc1)C(=O)N[C@@H](Cc1c[nH]c2ccccc12)C(=O)OCc1cc(C(F)(F)F)cc(C(F)(F)F)c1.O=C(O)C(F)(F)F. The highest BCUT2D eigenvalue weighted by molar-refractivity contribution is 5.98. The Morgan fingerprint density at radius 1 is 0.611 bits per heavy atom. The number of aliphatic carboxylic acids is 1. The van der Waals surface area contributed by atoms with Crippen molar-refractivity contribution in [1.82, 2.24) is 41.8 Å². The minimum atomic E-state index is -5.18.